The SMILES string of the molecule is CCCNC1CCC(N(C)C(=O)c2ccnn2C)CC1. The van der Waals surface area contributed by atoms with Crippen LogP contribution in [0.2, 0.25) is 0 Å². The van der Waals surface area contributed by atoms with Gasteiger partial charge in [-0.05, 0) is 44.7 Å². The third-order valence-electron chi connectivity index (χ3n) is 4.29. The molecule has 5 nitrogen and oxygen atoms in total. The Kier molecular flexibility index (Phi) is 5.17. The van der Waals surface area contributed by atoms with Crippen molar-refractivity contribution in [3.05, 3.63) is 18.0 Å². The zero-order chi connectivity index (χ0) is 14.5. The molecule has 112 valence electrons. The van der Waals surface area contributed by atoms with Gasteiger partial charge in [-0.15, -0.1) is 0 Å². The van der Waals surface area contributed by atoms with Gasteiger partial charge in [-0.3, -0.25) is 9.48 Å². The van der Waals surface area contributed by atoms with Crippen molar-refractivity contribution in [2.24, 2.45) is 7.05 Å². The highest BCUT2D eigenvalue weighted by Gasteiger charge is 2.27. The molecule has 2 rings (SSSR count). The molecular weight excluding hydrogens is 252 g/mol. The smallest absolute Gasteiger partial charge is 0.272 e. The molecule has 1 saturated carbocycles. The molecule has 1 fully saturated rings. The molecule has 0 atom stereocenters. The number of carbonyl (C=O) groups is 1. The number of nitrogens with one attached hydrogen (secondary N) is 1. The first-order chi connectivity index (χ1) is 9.63. The highest BCUT2D eigenvalue weighted by atomic mass is 16.2. The van der Waals surface area contributed by atoms with Gasteiger partial charge in [0.25, 0.3) is 5.91 Å². The average Bonchev–Trinajstić information content (AvgIpc) is 2.90. The van der Waals surface area contributed by atoms with Crippen molar-refractivity contribution < 1.29 is 4.79 Å². The maximum Gasteiger partial charge on any atom is 0.272 e. The molecule has 1 aliphatic carbocycles. The number of hydrogen-bond acceptors (Lipinski definition) is 3. The summed E-state index contributed by atoms with van der Waals surface area (Å²) in [6.07, 6.45) is 7.34. The summed E-state index contributed by atoms with van der Waals surface area (Å²) in [5, 5.41) is 7.65. The Hall–Kier alpha value is -1.36. The summed E-state index contributed by atoms with van der Waals surface area (Å²) in [6, 6.07) is 2.77. The van der Waals surface area contributed by atoms with Crippen molar-refractivity contribution in [3.8, 4) is 0 Å². The summed E-state index contributed by atoms with van der Waals surface area (Å²) < 4.78 is 1.65. The molecule has 0 radical (unpaired) electrons. The Morgan fingerprint density at radius 3 is 2.70 bits per heavy atom. The lowest BCUT2D eigenvalue weighted by molar-refractivity contribution is 0.0673. The molecule has 1 aromatic heterocycles. The van der Waals surface area contributed by atoms with E-state index in [1.165, 1.54) is 6.42 Å². The third-order valence-corrected chi connectivity index (χ3v) is 4.29. The fraction of sp³-hybridized carbons (Fsp3) is 0.733. The molecule has 1 amide bonds. The Labute approximate surface area is 121 Å². The summed E-state index contributed by atoms with van der Waals surface area (Å²) in [6.45, 7) is 3.29. The van der Waals surface area contributed by atoms with E-state index in [-0.39, 0.29) is 5.91 Å². The van der Waals surface area contributed by atoms with Crippen LogP contribution in [-0.2, 0) is 7.05 Å². The first kappa shape index (κ1) is 15.0. The van der Waals surface area contributed by atoms with E-state index in [4.69, 9.17) is 0 Å². The van der Waals surface area contributed by atoms with Crippen LogP contribution in [-0.4, -0.2) is 46.3 Å². The molecule has 1 N–H and O–H groups in total. The number of aromatic nitrogens is 2. The summed E-state index contributed by atoms with van der Waals surface area (Å²) in [7, 11) is 3.73. The van der Waals surface area contributed by atoms with Gasteiger partial charge >= 0.3 is 0 Å². The predicted molar refractivity (Wildman–Crippen MR) is 79.6 cm³/mol. The quantitative estimate of drug-likeness (QED) is 0.893. The largest absolute Gasteiger partial charge is 0.337 e. The Morgan fingerprint density at radius 2 is 2.15 bits per heavy atom. The van der Waals surface area contributed by atoms with Gasteiger partial charge in [-0.2, -0.15) is 5.10 Å². The summed E-state index contributed by atoms with van der Waals surface area (Å²) in [5.41, 5.74) is 0.665. The minimum absolute atomic E-state index is 0.0787. The van der Waals surface area contributed by atoms with Crippen LogP contribution in [0.4, 0.5) is 0 Å². The number of hydrogen-bond donors (Lipinski definition) is 1. The number of rotatable bonds is 5. The molecule has 0 bridgehead atoms. The maximum absolute atomic E-state index is 12.4. The van der Waals surface area contributed by atoms with Gasteiger partial charge in [0, 0.05) is 32.4 Å². The van der Waals surface area contributed by atoms with Crippen molar-refractivity contribution in [2.45, 2.75) is 51.1 Å². The molecule has 1 aliphatic rings. The van der Waals surface area contributed by atoms with E-state index in [1.54, 1.807) is 16.9 Å². The standard InChI is InChI=1S/C15H26N4O/c1-4-10-16-12-5-7-13(8-6-12)18(2)15(20)14-9-11-17-19(14)3/h9,11-13,16H,4-8,10H2,1-3H3. The lowest BCUT2D eigenvalue weighted by Crippen LogP contribution is -2.43. The van der Waals surface area contributed by atoms with Crippen LogP contribution < -0.4 is 5.32 Å². The normalized spacial score (nSPS) is 22.8. The van der Waals surface area contributed by atoms with Crippen molar-refractivity contribution in [2.75, 3.05) is 13.6 Å². The van der Waals surface area contributed by atoms with E-state index < -0.39 is 0 Å². The van der Waals surface area contributed by atoms with Gasteiger partial charge in [0.2, 0.25) is 0 Å². The van der Waals surface area contributed by atoms with Gasteiger partial charge in [0.1, 0.15) is 5.69 Å². The fourth-order valence-electron chi connectivity index (χ4n) is 2.95. The van der Waals surface area contributed by atoms with Crippen molar-refractivity contribution in [1.29, 1.82) is 0 Å². The lowest BCUT2D eigenvalue weighted by Gasteiger charge is -2.35. The fourth-order valence-corrected chi connectivity index (χ4v) is 2.95. The second-order valence-electron chi connectivity index (χ2n) is 5.72. The maximum atomic E-state index is 12.4. The summed E-state index contributed by atoms with van der Waals surface area (Å²) >= 11 is 0. The minimum Gasteiger partial charge on any atom is -0.337 e. The van der Waals surface area contributed by atoms with E-state index >= 15 is 0 Å². The lowest BCUT2D eigenvalue weighted by atomic mass is 9.90. The van der Waals surface area contributed by atoms with Crippen LogP contribution in [0, 0.1) is 0 Å². The molecule has 0 aromatic carbocycles. The van der Waals surface area contributed by atoms with Gasteiger partial charge in [-0.25, -0.2) is 0 Å². The van der Waals surface area contributed by atoms with Gasteiger partial charge in [-0.1, -0.05) is 6.92 Å². The van der Waals surface area contributed by atoms with Crippen LogP contribution in [0.15, 0.2) is 12.3 Å². The summed E-state index contributed by atoms with van der Waals surface area (Å²) in [5.74, 6) is 0.0787. The van der Waals surface area contributed by atoms with E-state index in [2.05, 4.69) is 17.3 Å². The van der Waals surface area contributed by atoms with Crippen molar-refractivity contribution in [1.82, 2.24) is 20.0 Å². The molecule has 0 aliphatic heterocycles. The average molecular weight is 278 g/mol. The van der Waals surface area contributed by atoms with Gasteiger partial charge in [0.15, 0.2) is 0 Å². The van der Waals surface area contributed by atoms with Crippen LogP contribution >= 0.6 is 0 Å². The molecule has 1 heterocycles. The number of aryl methyl sites for hydroxylation is 1. The second-order valence-corrected chi connectivity index (χ2v) is 5.72. The van der Waals surface area contributed by atoms with Crippen LogP contribution in [0.5, 0.6) is 0 Å². The minimum atomic E-state index is 0.0787. The van der Waals surface area contributed by atoms with E-state index in [1.807, 2.05) is 19.0 Å². The van der Waals surface area contributed by atoms with E-state index in [0.717, 1.165) is 32.2 Å². The first-order valence-corrected chi connectivity index (χ1v) is 7.62. The molecule has 0 spiro atoms. The number of carbonyl (C=O) groups excluding carboxylic acids is 1. The highest BCUT2D eigenvalue weighted by Crippen LogP contribution is 2.23. The monoisotopic (exact) mass is 278 g/mol. The Morgan fingerprint density at radius 1 is 1.45 bits per heavy atom. The Bertz CT molecular complexity index is 435. The molecule has 1 aromatic rings. The van der Waals surface area contributed by atoms with Gasteiger partial charge < -0.3 is 10.2 Å². The van der Waals surface area contributed by atoms with Crippen molar-refractivity contribution >= 4 is 5.91 Å². The molecular formula is C15H26N4O. The van der Waals surface area contributed by atoms with E-state index in [0.29, 0.717) is 17.8 Å². The van der Waals surface area contributed by atoms with E-state index in [9.17, 15) is 4.79 Å². The van der Waals surface area contributed by atoms with Crippen molar-refractivity contribution in [3.63, 3.8) is 0 Å². The zero-order valence-corrected chi connectivity index (χ0v) is 12.8. The van der Waals surface area contributed by atoms with Gasteiger partial charge in [0.05, 0.1) is 0 Å². The molecule has 0 unspecified atom stereocenters. The first-order valence-electron chi connectivity index (χ1n) is 7.62. The molecule has 0 saturated heterocycles. The molecule has 5 heteroatoms. The second kappa shape index (κ2) is 6.88. The highest BCUT2D eigenvalue weighted by molar-refractivity contribution is 5.92. The molecule has 20 heavy (non-hydrogen) atoms. The predicted octanol–water partition coefficient (Wildman–Crippen LogP) is 1.80. The Balaban J connectivity index is 1.87. The number of amides is 1. The van der Waals surface area contributed by atoms with Crippen LogP contribution in [0.25, 0.3) is 0 Å². The van der Waals surface area contributed by atoms with Crippen LogP contribution in [0.3, 0.4) is 0 Å². The third kappa shape index (κ3) is 3.39. The number of nitrogens with zero attached hydrogens (tertiary/aromatic N) is 3. The summed E-state index contributed by atoms with van der Waals surface area (Å²) in [4.78, 5) is 14.3. The topological polar surface area (TPSA) is 50.2 Å². The van der Waals surface area contributed by atoms with Crippen LogP contribution in [0.1, 0.15) is 49.5 Å². The zero-order valence-electron chi connectivity index (χ0n) is 12.8.